The van der Waals surface area contributed by atoms with Gasteiger partial charge < -0.3 is 4.89 Å². The van der Waals surface area contributed by atoms with Crippen molar-refractivity contribution < 1.29 is 18.6 Å². The number of nitrogens with one attached hydrogen (secondary N) is 1. The molecule has 10 heteroatoms. The first-order chi connectivity index (χ1) is 16.2. The Morgan fingerprint density at radius 2 is 1.79 bits per heavy atom. The Morgan fingerprint density at radius 3 is 2.35 bits per heavy atom. The summed E-state index contributed by atoms with van der Waals surface area (Å²) in [5, 5.41) is 4.31. The highest BCUT2D eigenvalue weighted by Gasteiger charge is 2.20. The van der Waals surface area contributed by atoms with Gasteiger partial charge in [0.25, 0.3) is 5.56 Å². The van der Waals surface area contributed by atoms with E-state index in [2.05, 4.69) is 15.1 Å². The van der Waals surface area contributed by atoms with Crippen molar-refractivity contribution in [3.63, 3.8) is 0 Å². The van der Waals surface area contributed by atoms with Crippen LogP contribution in [0.4, 0.5) is 4.39 Å². The summed E-state index contributed by atoms with van der Waals surface area (Å²) >= 11 is 0. The number of Topliss-reactive ketones (excluding diaryl/α,β-unsaturated/α-hetero) is 1. The molecule has 2 N–H and O–H groups in total. The molecule has 0 saturated carbocycles. The second kappa shape index (κ2) is 9.67. The summed E-state index contributed by atoms with van der Waals surface area (Å²) in [6.45, 7) is 1.27. The van der Waals surface area contributed by atoms with Crippen molar-refractivity contribution in [2.45, 2.75) is 18.8 Å². The van der Waals surface area contributed by atoms with E-state index >= 15 is 0 Å². The van der Waals surface area contributed by atoms with Gasteiger partial charge in [-0.3, -0.25) is 19.1 Å². The second-order valence-corrected chi connectivity index (χ2v) is 10.2. The molecule has 4 rings (SSSR count). The summed E-state index contributed by atoms with van der Waals surface area (Å²) in [6.07, 6.45) is 4.78. The Balaban J connectivity index is 1.57. The number of H-pyrrole nitrogens is 1. The third-order valence-corrected chi connectivity index (χ3v) is 6.77. The largest absolute Gasteiger partial charge is 0.341 e. The molecule has 2 aromatic heterocycles. The predicted molar refractivity (Wildman–Crippen MR) is 126 cm³/mol. The summed E-state index contributed by atoms with van der Waals surface area (Å²) in [6, 6.07) is 14.3. The molecule has 0 aliphatic heterocycles. The average Bonchev–Trinajstić information content (AvgIpc) is 3.35. The topological polar surface area (TPSA) is 118 Å². The number of halogens is 1. The zero-order valence-corrected chi connectivity index (χ0v) is 19.2. The number of carbonyl (C=O) groups is 1. The van der Waals surface area contributed by atoms with E-state index in [-0.39, 0.29) is 35.5 Å². The molecule has 0 aliphatic carbocycles. The van der Waals surface area contributed by atoms with Crippen LogP contribution in [0.5, 0.6) is 0 Å². The minimum Gasteiger partial charge on any atom is -0.341 e. The van der Waals surface area contributed by atoms with Crippen molar-refractivity contribution in [1.82, 2.24) is 19.7 Å². The van der Waals surface area contributed by atoms with E-state index in [9.17, 15) is 23.4 Å². The SMILES string of the molecule is CP(=O)(O)c1ccc([C@@H](CCC(=O)c2cnc(-n3cccn3)[nH]c2=O)c2ccc(F)cc2)cc1. The van der Waals surface area contributed by atoms with Crippen molar-refractivity contribution in [3.8, 4) is 5.95 Å². The molecule has 0 spiro atoms. The molecule has 2 aromatic carbocycles. The number of rotatable bonds is 8. The van der Waals surface area contributed by atoms with Gasteiger partial charge in [0.15, 0.2) is 5.78 Å². The van der Waals surface area contributed by atoms with Gasteiger partial charge in [0.1, 0.15) is 11.4 Å². The fraction of sp³-hybridized carbons (Fsp3) is 0.167. The van der Waals surface area contributed by atoms with Crippen molar-refractivity contribution in [2.75, 3.05) is 6.66 Å². The lowest BCUT2D eigenvalue weighted by atomic mass is 9.86. The third kappa shape index (κ3) is 5.27. The molecule has 8 nitrogen and oxygen atoms in total. The molecule has 0 aliphatic rings. The first-order valence-electron chi connectivity index (χ1n) is 10.5. The van der Waals surface area contributed by atoms with Crippen molar-refractivity contribution in [1.29, 1.82) is 0 Å². The molecule has 34 heavy (non-hydrogen) atoms. The minimum absolute atomic E-state index is 0.0436. The minimum atomic E-state index is -3.40. The second-order valence-electron chi connectivity index (χ2n) is 7.94. The average molecular weight is 480 g/mol. The maximum Gasteiger partial charge on any atom is 0.263 e. The number of aromatic nitrogens is 4. The molecule has 2 atom stereocenters. The van der Waals surface area contributed by atoms with Crippen LogP contribution in [0.2, 0.25) is 0 Å². The van der Waals surface area contributed by atoms with Gasteiger partial charge in [-0.05, 0) is 47.9 Å². The van der Waals surface area contributed by atoms with Crippen molar-refractivity contribution in [2.24, 2.45) is 0 Å². The Bertz CT molecular complexity index is 1390. The first-order valence-corrected chi connectivity index (χ1v) is 12.6. The van der Waals surface area contributed by atoms with Gasteiger partial charge in [-0.2, -0.15) is 5.10 Å². The quantitative estimate of drug-likeness (QED) is 0.295. The summed E-state index contributed by atoms with van der Waals surface area (Å²) in [5.74, 6) is -0.842. The van der Waals surface area contributed by atoms with Gasteiger partial charge in [0.05, 0.1) is 0 Å². The van der Waals surface area contributed by atoms with Crippen LogP contribution in [-0.2, 0) is 4.57 Å². The number of ketones is 1. The van der Waals surface area contributed by atoms with E-state index < -0.39 is 12.9 Å². The fourth-order valence-corrected chi connectivity index (χ4v) is 4.41. The van der Waals surface area contributed by atoms with Gasteiger partial charge >= 0.3 is 0 Å². The third-order valence-electron chi connectivity index (χ3n) is 5.51. The summed E-state index contributed by atoms with van der Waals surface area (Å²) < 4.78 is 26.8. The number of aromatic amines is 1. The van der Waals surface area contributed by atoms with Gasteiger partial charge in [-0.25, -0.2) is 14.1 Å². The molecule has 0 bridgehead atoms. The van der Waals surface area contributed by atoms with Crippen LogP contribution in [0, 0.1) is 5.82 Å². The fourth-order valence-electron chi connectivity index (χ4n) is 3.71. The van der Waals surface area contributed by atoms with E-state index in [1.54, 1.807) is 54.9 Å². The Morgan fingerprint density at radius 1 is 1.15 bits per heavy atom. The van der Waals surface area contributed by atoms with Crippen molar-refractivity contribution >= 4 is 18.5 Å². The normalized spacial score (nSPS) is 13.9. The molecule has 1 unspecified atom stereocenters. The molecule has 0 radical (unpaired) electrons. The standard InChI is InChI=1S/C24H22FN4O4P/c1-34(32,33)19-9-5-17(6-10-19)20(16-3-7-18(25)8-4-16)11-12-22(30)21-15-26-24(28-23(21)31)29-14-2-13-27-29/h2-10,13-15,20H,11-12H2,1H3,(H,32,33)(H,26,28,31)/t20-/m0/s1. The van der Waals surface area contributed by atoms with Crippen LogP contribution in [-0.4, -0.2) is 37.1 Å². The van der Waals surface area contributed by atoms with E-state index in [1.807, 2.05) is 0 Å². The van der Waals surface area contributed by atoms with Crippen LogP contribution in [0.25, 0.3) is 5.95 Å². The molecular weight excluding hydrogens is 458 g/mol. The smallest absolute Gasteiger partial charge is 0.263 e. The zero-order chi connectivity index (χ0) is 24.3. The van der Waals surface area contributed by atoms with Crippen LogP contribution < -0.4 is 10.9 Å². The molecule has 2 heterocycles. The molecule has 0 amide bonds. The molecule has 0 fully saturated rings. The van der Waals surface area contributed by atoms with Crippen LogP contribution in [0.15, 0.2) is 78.0 Å². The zero-order valence-electron chi connectivity index (χ0n) is 18.3. The lowest BCUT2D eigenvalue weighted by Crippen LogP contribution is -2.21. The van der Waals surface area contributed by atoms with Crippen LogP contribution in [0.3, 0.4) is 0 Å². The molecule has 174 valence electrons. The first kappa shape index (κ1) is 23.5. The lowest BCUT2D eigenvalue weighted by Gasteiger charge is -2.19. The highest BCUT2D eigenvalue weighted by atomic mass is 31.2. The van der Waals surface area contributed by atoms with Crippen LogP contribution in [0.1, 0.15) is 40.2 Å². The summed E-state index contributed by atoms with van der Waals surface area (Å²) in [5.41, 5.74) is 0.968. The summed E-state index contributed by atoms with van der Waals surface area (Å²) in [4.78, 5) is 41.8. The molecular formula is C24H22FN4O4P. The predicted octanol–water partition coefficient (Wildman–Crippen LogP) is 3.42. The van der Waals surface area contributed by atoms with Crippen molar-refractivity contribution in [3.05, 3.63) is 106 Å². The maximum absolute atomic E-state index is 13.5. The van der Waals surface area contributed by atoms with Gasteiger partial charge in [-0.15, -0.1) is 0 Å². The highest BCUT2D eigenvalue weighted by molar-refractivity contribution is 7.65. The van der Waals surface area contributed by atoms with Gasteiger partial charge in [-0.1, -0.05) is 24.3 Å². The van der Waals surface area contributed by atoms with E-state index in [1.165, 1.54) is 29.7 Å². The molecule has 0 saturated heterocycles. The Kier molecular flexibility index (Phi) is 6.68. The Hall–Kier alpha value is -3.68. The Labute approximate surface area is 194 Å². The maximum atomic E-state index is 13.5. The summed E-state index contributed by atoms with van der Waals surface area (Å²) in [7, 11) is -3.40. The number of benzene rings is 2. The highest BCUT2D eigenvalue weighted by Crippen LogP contribution is 2.35. The monoisotopic (exact) mass is 480 g/mol. The number of carbonyl (C=O) groups excluding carboxylic acids is 1. The van der Waals surface area contributed by atoms with E-state index in [0.717, 1.165) is 11.1 Å². The van der Waals surface area contributed by atoms with Gasteiger partial charge in [0.2, 0.25) is 13.3 Å². The lowest BCUT2D eigenvalue weighted by molar-refractivity contribution is 0.0976. The molecule has 4 aromatic rings. The van der Waals surface area contributed by atoms with E-state index in [4.69, 9.17) is 0 Å². The van der Waals surface area contributed by atoms with Crippen LogP contribution >= 0.6 is 7.37 Å². The van der Waals surface area contributed by atoms with Gasteiger partial charge in [0, 0.05) is 42.9 Å². The number of nitrogens with zero attached hydrogens (tertiary/aromatic N) is 3. The number of hydrogen-bond acceptors (Lipinski definition) is 5. The van der Waals surface area contributed by atoms with E-state index in [0.29, 0.717) is 11.7 Å². The number of hydrogen-bond donors (Lipinski definition) is 2.